The molecule has 1 aromatic heterocycles. The average molecular weight is 362 g/mol. The van der Waals surface area contributed by atoms with Crippen LogP contribution in [0.2, 0.25) is 0 Å². The minimum atomic E-state index is -0.0296. The first-order chi connectivity index (χ1) is 13.2. The molecule has 138 valence electrons. The van der Waals surface area contributed by atoms with Crippen LogP contribution in [-0.4, -0.2) is 36.6 Å². The number of pyridine rings is 1. The molecule has 27 heavy (non-hydrogen) atoms. The molecule has 1 saturated heterocycles. The normalized spacial score (nSPS) is 16.5. The second kappa shape index (κ2) is 7.27. The molecule has 5 nitrogen and oxygen atoms in total. The van der Waals surface area contributed by atoms with E-state index in [4.69, 9.17) is 9.47 Å². The lowest BCUT2D eigenvalue weighted by molar-refractivity contribution is 0.0730. The number of amides is 1. The lowest BCUT2D eigenvalue weighted by Crippen LogP contribution is -2.31. The molecule has 3 aromatic rings. The summed E-state index contributed by atoms with van der Waals surface area (Å²) in [5.41, 5.74) is 2.38. The molecule has 1 fully saturated rings. The predicted octanol–water partition coefficient (Wildman–Crippen LogP) is 4.23. The number of benzene rings is 2. The summed E-state index contributed by atoms with van der Waals surface area (Å²) in [5.74, 6) is 1.34. The molecule has 1 atom stereocenters. The smallest absolute Gasteiger partial charge is 0.272 e. The van der Waals surface area contributed by atoms with Crippen LogP contribution in [0.5, 0.6) is 11.5 Å². The number of likely N-dealkylation sites (tertiary alicyclic amines) is 1. The number of hydrogen-bond donors (Lipinski definition) is 0. The Bertz CT molecular complexity index is 986. The van der Waals surface area contributed by atoms with Crippen LogP contribution in [0.15, 0.2) is 54.6 Å². The molecule has 1 unspecified atom stereocenters. The lowest BCUT2D eigenvalue weighted by atomic mass is 10.0. The van der Waals surface area contributed by atoms with Gasteiger partial charge in [0.2, 0.25) is 0 Å². The summed E-state index contributed by atoms with van der Waals surface area (Å²) in [7, 11) is 3.24. The van der Waals surface area contributed by atoms with Gasteiger partial charge in [0, 0.05) is 11.9 Å². The summed E-state index contributed by atoms with van der Waals surface area (Å²) in [5, 5.41) is 1.03. The number of aromatic nitrogens is 1. The third-order valence-electron chi connectivity index (χ3n) is 5.12. The van der Waals surface area contributed by atoms with Crippen molar-refractivity contribution >= 4 is 16.8 Å². The number of carbonyl (C=O) groups is 1. The van der Waals surface area contributed by atoms with Crippen LogP contribution in [0.3, 0.4) is 0 Å². The van der Waals surface area contributed by atoms with E-state index < -0.39 is 0 Å². The van der Waals surface area contributed by atoms with Crippen LogP contribution in [0.25, 0.3) is 10.9 Å². The third-order valence-corrected chi connectivity index (χ3v) is 5.12. The van der Waals surface area contributed by atoms with Crippen LogP contribution < -0.4 is 9.47 Å². The standard InChI is InChI=1S/C22H22N2O3/c1-26-20-12-10-16(14-21(20)27-2)19-8-5-13-24(19)22(25)18-11-9-15-6-3-4-7-17(15)23-18/h3-4,6-7,9-12,14,19H,5,8,13H2,1-2H3. The minimum Gasteiger partial charge on any atom is -0.493 e. The van der Waals surface area contributed by atoms with E-state index in [2.05, 4.69) is 4.98 Å². The van der Waals surface area contributed by atoms with Gasteiger partial charge >= 0.3 is 0 Å². The van der Waals surface area contributed by atoms with Crippen molar-refractivity contribution in [2.24, 2.45) is 0 Å². The number of ether oxygens (including phenoxy) is 2. The van der Waals surface area contributed by atoms with Crippen molar-refractivity contribution in [3.8, 4) is 11.5 Å². The van der Waals surface area contributed by atoms with Gasteiger partial charge in [0.1, 0.15) is 5.69 Å². The van der Waals surface area contributed by atoms with E-state index in [-0.39, 0.29) is 11.9 Å². The first kappa shape index (κ1) is 17.3. The molecule has 0 N–H and O–H groups in total. The van der Waals surface area contributed by atoms with E-state index in [9.17, 15) is 4.79 Å². The molecule has 0 radical (unpaired) electrons. The third kappa shape index (κ3) is 3.21. The Labute approximate surface area is 158 Å². The van der Waals surface area contributed by atoms with Crippen molar-refractivity contribution in [3.05, 3.63) is 65.9 Å². The molecule has 0 saturated carbocycles. The highest BCUT2D eigenvalue weighted by Crippen LogP contribution is 2.37. The van der Waals surface area contributed by atoms with Gasteiger partial charge in [0.05, 0.1) is 25.8 Å². The number of hydrogen-bond acceptors (Lipinski definition) is 4. The summed E-state index contributed by atoms with van der Waals surface area (Å²) >= 11 is 0. The Morgan fingerprint density at radius 1 is 1.04 bits per heavy atom. The molecular weight excluding hydrogens is 340 g/mol. The number of carbonyl (C=O) groups excluding carboxylic acids is 1. The molecule has 1 aliphatic heterocycles. The van der Waals surface area contributed by atoms with Gasteiger partial charge in [-0.15, -0.1) is 0 Å². The zero-order valence-electron chi connectivity index (χ0n) is 15.5. The van der Waals surface area contributed by atoms with Crippen LogP contribution in [-0.2, 0) is 0 Å². The summed E-state index contributed by atoms with van der Waals surface area (Å²) in [6.45, 7) is 0.729. The van der Waals surface area contributed by atoms with Gasteiger partial charge in [0.25, 0.3) is 5.91 Å². The second-order valence-corrected chi connectivity index (χ2v) is 6.66. The lowest BCUT2D eigenvalue weighted by Gasteiger charge is -2.25. The van der Waals surface area contributed by atoms with Gasteiger partial charge in [-0.2, -0.15) is 0 Å². The topological polar surface area (TPSA) is 51.7 Å². The Balaban J connectivity index is 1.65. The van der Waals surface area contributed by atoms with Crippen LogP contribution >= 0.6 is 0 Å². The Morgan fingerprint density at radius 3 is 2.67 bits per heavy atom. The highest BCUT2D eigenvalue weighted by Gasteiger charge is 2.31. The maximum atomic E-state index is 13.2. The summed E-state index contributed by atoms with van der Waals surface area (Å²) in [6.07, 6.45) is 1.90. The largest absolute Gasteiger partial charge is 0.493 e. The van der Waals surface area contributed by atoms with Gasteiger partial charge in [-0.3, -0.25) is 4.79 Å². The van der Waals surface area contributed by atoms with Gasteiger partial charge in [-0.05, 0) is 42.7 Å². The van der Waals surface area contributed by atoms with Crippen LogP contribution in [0.4, 0.5) is 0 Å². The van der Waals surface area contributed by atoms with E-state index in [1.54, 1.807) is 14.2 Å². The van der Waals surface area contributed by atoms with E-state index >= 15 is 0 Å². The van der Waals surface area contributed by atoms with Gasteiger partial charge in [-0.1, -0.05) is 30.3 Å². The zero-order chi connectivity index (χ0) is 18.8. The second-order valence-electron chi connectivity index (χ2n) is 6.66. The van der Waals surface area contributed by atoms with Crippen LogP contribution in [0, 0.1) is 0 Å². The highest BCUT2D eigenvalue weighted by molar-refractivity contribution is 5.95. The van der Waals surface area contributed by atoms with Crippen molar-refractivity contribution in [2.75, 3.05) is 20.8 Å². The van der Waals surface area contributed by atoms with Gasteiger partial charge in [-0.25, -0.2) is 4.98 Å². The number of methoxy groups -OCH3 is 2. The molecule has 0 bridgehead atoms. The number of fused-ring (bicyclic) bond motifs is 1. The van der Waals surface area contributed by atoms with E-state index in [1.165, 1.54) is 0 Å². The fourth-order valence-corrected chi connectivity index (χ4v) is 3.75. The van der Waals surface area contributed by atoms with E-state index in [0.29, 0.717) is 17.2 Å². The Hall–Kier alpha value is -3.08. The highest BCUT2D eigenvalue weighted by atomic mass is 16.5. The van der Waals surface area contributed by atoms with E-state index in [1.807, 2.05) is 59.5 Å². The maximum Gasteiger partial charge on any atom is 0.272 e. The molecule has 4 rings (SSSR count). The average Bonchev–Trinajstić information content (AvgIpc) is 3.22. The Kier molecular flexibility index (Phi) is 4.67. The first-order valence-electron chi connectivity index (χ1n) is 9.10. The van der Waals surface area contributed by atoms with Crippen molar-refractivity contribution in [1.29, 1.82) is 0 Å². The fraction of sp³-hybridized carbons (Fsp3) is 0.273. The number of rotatable bonds is 4. The fourth-order valence-electron chi connectivity index (χ4n) is 3.75. The van der Waals surface area contributed by atoms with Gasteiger partial charge in [0.15, 0.2) is 11.5 Å². The first-order valence-corrected chi connectivity index (χ1v) is 9.10. The van der Waals surface area contributed by atoms with Crippen molar-refractivity contribution < 1.29 is 14.3 Å². The Morgan fingerprint density at radius 2 is 1.85 bits per heavy atom. The number of para-hydroxylation sites is 1. The van der Waals surface area contributed by atoms with Crippen molar-refractivity contribution in [1.82, 2.24) is 9.88 Å². The molecular formula is C22H22N2O3. The summed E-state index contributed by atoms with van der Waals surface area (Å²) < 4.78 is 10.7. The molecule has 1 amide bonds. The predicted molar refractivity (Wildman–Crippen MR) is 104 cm³/mol. The zero-order valence-corrected chi connectivity index (χ0v) is 15.5. The SMILES string of the molecule is COc1ccc(C2CCCN2C(=O)c2ccc3ccccc3n2)cc1OC. The van der Waals surface area contributed by atoms with Gasteiger partial charge < -0.3 is 14.4 Å². The maximum absolute atomic E-state index is 13.2. The van der Waals surface area contributed by atoms with Crippen molar-refractivity contribution in [3.63, 3.8) is 0 Å². The molecule has 0 aliphatic carbocycles. The quantitative estimate of drug-likeness (QED) is 0.697. The molecule has 1 aliphatic rings. The van der Waals surface area contributed by atoms with Crippen LogP contribution in [0.1, 0.15) is 34.9 Å². The van der Waals surface area contributed by atoms with Crippen molar-refractivity contribution in [2.45, 2.75) is 18.9 Å². The molecule has 0 spiro atoms. The summed E-state index contributed by atoms with van der Waals surface area (Å²) in [4.78, 5) is 19.6. The minimum absolute atomic E-state index is 0.0191. The monoisotopic (exact) mass is 362 g/mol. The molecule has 2 heterocycles. The van der Waals surface area contributed by atoms with E-state index in [0.717, 1.165) is 35.9 Å². The number of nitrogens with zero attached hydrogens (tertiary/aromatic N) is 2. The molecule has 2 aromatic carbocycles. The molecule has 5 heteroatoms. The summed E-state index contributed by atoms with van der Waals surface area (Å²) in [6, 6.07) is 17.5.